The summed E-state index contributed by atoms with van der Waals surface area (Å²) in [6, 6.07) is 9.59. The molecule has 2 aromatic rings. The first-order chi connectivity index (χ1) is 9.58. The van der Waals surface area contributed by atoms with Gasteiger partial charge >= 0.3 is 0 Å². The topological polar surface area (TPSA) is 55.2 Å². The second kappa shape index (κ2) is 6.97. The van der Waals surface area contributed by atoms with E-state index < -0.39 is 0 Å². The Kier molecular flexibility index (Phi) is 5.28. The molecule has 0 radical (unpaired) electrons. The number of hydrogen-bond donors (Lipinski definition) is 1. The largest absolute Gasteiger partial charge is 0.310 e. The molecule has 0 aliphatic rings. The highest BCUT2D eigenvalue weighted by Gasteiger charge is 2.15. The first-order valence-electron chi connectivity index (χ1n) is 6.25. The van der Waals surface area contributed by atoms with Crippen molar-refractivity contribution in [2.45, 2.75) is 25.9 Å². The fourth-order valence-electron chi connectivity index (χ4n) is 1.93. The molecule has 1 atom stereocenters. The maximum absolute atomic E-state index is 10.9. The number of nitro benzene ring substituents is 1. The van der Waals surface area contributed by atoms with E-state index in [1.807, 2.05) is 12.1 Å². The third-order valence-corrected chi connectivity index (χ3v) is 4.80. The molecule has 0 bridgehead atoms. The van der Waals surface area contributed by atoms with E-state index in [2.05, 4.69) is 39.6 Å². The van der Waals surface area contributed by atoms with Crippen LogP contribution in [0, 0.1) is 10.1 Å². The number of nitrogens with one attached hydrogen (secondary N) is 1. The van der Waals surface area contributed by atoms with Crippen LogP contribution in [0.1, 0.15) is 17.4 Å². The van der Waals surface area contributed by atoms with E-state index in [1.165, 1.54) is 10.9 Å². The van der Waals surface area contributed by atoms with Gasteiger partial charge in [-0.3, -0.25) is 10.1 Å². The summed E-state index contributed by atoms with van der Waals surface area (Å²) >= 11 is 5.06. The second-order valence-electron chi connectivity index (χ2n) is 4.57. The molecule has 0 aliphatic carbocycles. The Balaban J connectivity index is 1.97. The van der Waals surface area contributed by atoms with Gasteiger partial charge in [0.15, 0.2) is 0 Å². The van der Waals surface area contributed by atoms with E-state index in [0.717, 1.165) is 12.0 Å². The smallest absolute Gasteiger partial charge is 0.283 e. The number of nitrogens with zero attached hydrogens (tertiary/aromatic N) is 1. The molecule has 1 aromatic carbocycles. The van der Waals surface area contributed by atoms with Crippen LogP contribution in [0.4, 0.5) is 5.69 Å². The zero-order chi connectivity index (χ0) is 14.5. The van der Waals surface area contributed by atoms with Gasteiger partial charge in [0.25, 0.3) is 5.69 Å². The molecule has 1 N–H and O–H groups in total. The van der Waals surface area contributed by atoms with Crippen LogP contribution < -0.4 is 5.32 Å². The fraction of sp³-hybridized carbons (Fsp3) is 0.286. The van der Waals surface area contributed by atoms with Crippen molar-refractivity contribution in [3.8, 4) is 0 Å². The molecule has 20 heavy (non-hydrogen) atoms. The second-order valence-corrected chi connectivity index (χ2v) is 6.40. The van der Waals surface area contributed by atoms with Crippen molar-refractivity contribution >= 4 is 33.0 Å². The van der Waals surface area contributed by atoms with Gasteiger partial charge < -0.3 is 5.32 Å². The minimum absolute atomic E-state index is 0.107. The SMILES string of the molecule is CC(Cc1cccs1)NCc1cccc([N+](=O)[O-])c1Br. The average Bonchev–Trinajstić information content (AvgIpc) is 2.90. The van der Waals surface area contributed by atoms with Crippen LogP contribution in [-0.2, 0) is 13.0 Å². The monoisotopic (exact) mass is 354 g/mol. The van der Waals surface area contributed by atoms with Crippen LogP contribution in [0.5, 0.6) is 0 Å². The molecule has 0 amide bonds. The summed E-state index contributed by atoms with van der Waals surface area (Å²) in [7, 11) is 0. The molecule has 0 aliphatic heterocycles. The van der Waals surface area contributed by atoms with Crippen LogP contribution in [0.15, 0.2) is 40.2 Å². The van der Waals surface area contributed by atoms with Crippen molar-refractivity contribution < 1.29 is 4.92 Å². The molecule has 0 fully saturated rings. The lowest BCUT2D eigenvalue weighted by Gasteiger charge is -2.13. The molecule has 4 nitrogen and oxygen atoms in total. The highest BCUT2D eigenvalue weighted by Crippen LogP contribution is 2.28. The molecule has 2 rings (SSSR count). The fourth-order valence-corrected chi connectivity index (χ4v) is 3.32. The van der Waals surface area contributed by atoms with E-state index in [9.17, 15) is 10.1 Å². The normalized spacial score (nSPS) is 12.3. The summed E-state index contributed by atoms with van der Waals surface area (Å²) in [6.07, 6.45) is 0.963. The van der Waals surface area contributed by atoms with Gasteiger partial charge in [-0.2, -0.15) is 0 Å². The van der Waals surface area contributed by atoms with Crippen LogP contribution in [-0.4, -0.2) is 11.0 Å². The lowest BCUT2D eigenvalue weighted by molar-refractivity contribution is -0.385. The zero-order valence-corrected chi connectivity index (χ0v) is 13.4. The maximum atomic E-state index is 10.9. The molecule has 0 saturated heterocycles. The summed E-state index contributed by atoms with van der Waals surface area (Å²) in [5.41, 5.74) is 1.01. The predicted octanol–water partition coefficient (Wildman–Crippen LogP) is 4.14. The van der Waals surface area contributed by atoms with Crippen molar-refractivity contribution in [2.24, 2.45) is 0 Å². The summed E-state index contributed by atoms with van der Waals surface area (Å²) in [4.78, 5) is 11.8. The highest BCUT2D eigenvalue weighted by molar-refractivity contribution is 9.10. The first-order valence-corrected chi connectivity index (χ1v) is 7.92. The first kappa shape index (κ1) is 15.2. The standard InChI is InChI=1S/C14H15BrN2O2S/c1-10(8-12-5-3-7-20-12)16-9-11-4-2-6-13(14(11)15)17(18)19/h2-7,10,16H,8-9H2,1H3. The summed E-state index contributed by atoms with van der Waals surface area (Å²) < 4.78 is 0.556. The minimum Gasteiger partial charge on any atom is -0.310 e. The molecule has 0 spiro atoms. The van der Waals surface area contributed by atoms with Crippen LogP contribution in [0.3, 0.4) is 0 Å². The van der Waals surface area contributed by atoms with Crippen LogP contribution in [0.2, 0.25) is 0 Å². The Morgan fingerprint density at radius 1 is 1.40 bits per heavy atom. The molecule has 1 heterocycles. The Morgan fingerprint density at radius 3 is 2.85 bits per heavy atom. The zero-order valence-electron chi connectivity index (χ0n) is 11.0. The van der Waals surface area contributed by atoms with Gasteiger partial charge in [-0.05, 0) is 46.3 Å². The maximum Gasteiger partial charge on any atom is 0.283 e. The molecule has 1 aromatic heterocycles. The molecule has 6 heteroatoms. The number of halogens is 1. The summed E-state index contributed by atoms with van der Waals surface area (Å²) in [5, 5.41) is 16.3. The van der Waals surface area contributed by atoms with Gasteiger partial charge in [-0.15, -0.1) is 11.3 Å². The van der Waals surface area contributed by atoms with E-state index in [0.29, 0.717) is 17.1 Å². The number of benzene rings is 1. The van der Waals surface area contributed by atoms with Crippen molar-refractivity contribution in [1.29, 1.82) is 0 Å². The Bertz CT molecular complexity index is 587. The molecule has 0 saturated carbocycles. The lowest BCUT2D eigenvalue weighted by Crippen LogP contribution is -2.27. The highest BCUT2D eigenvalue weighted by atomic mass is 79.9. The number of rotatable bonds is 6. The third-order valence-electron chi connectivity index (χ3n) is 2.98. The van der Waals surface area contributed by atoms with Gasteiger partial charge in [-0.25, -0.2) is 0 Å². The summed E-state index contributed by atoms with van der Waals surface area (Å²) in [6.45, 7) is 2.72. The van der Waals surface area contributed by atoms with Crippen molar-refractivity contribution in [3.63, 3.8) is 0 Å². The Morgan fingerprint density at radius 2 is 2.20 bits per heavy atom. The Labute approximate surface area is 130 Å². The van der Waals surface area contributed by atoms with E-state index in [1.54, 1.807) is 17.4 Å². The molecular weight excluding hydrogens is 340 g/mol. The van der Waals surface area contributed by atoms with Crippen molar-refractivity contribution in [3.05, 3.63) is 60.7 Å². The van der Waals surface area contributed by atoms with Gasteiger partial charge in [0.05, 0.1) is 9.40 Å². The number of hydrogen-bond acceptors (Lipinski definition) is 4. The van der Waals surface area contributed by atoms with Gasteiger partial charge in [0, 0.05) is 23.5 Å². The van der Waals surface area contributed by atoms with E-state index in [4.69, 9.17) is 0 Å². The van der Waals surface area contributed by atoms with Gasteiger partial charge in [0.2, 0.25) is 0 Å². The predicted molar refractivity (Wildman–Crippen MR) is 85.1 cm³/mol. The number of nitro groups is 1. The van der Waals surface area contributed by atoms with Crippen LogP contribution in [0.25, 0.3) is 0 Å². The average molecular weight is 355 g/mol. The van der Waals surface area contributed by atoms with Crippen molar-refractivity contribution in [2.75, 3.05) is 0 Å². The minimum atomic E-state index is -0.372. The van der Waals surface area contributed by atoms with Crippen LogP contribution >= 0.6 is 27.3 Å². The quantitative estimate of drug-likeness (QED) is 0.626. The van der Waals surface area contributed by atoms with Gasteiger partial charge in [-0.1, -0.05) is 18.2 Å². The molecule has 1 unspecified atom stereocenters. The summed E-state index contributed by atoms with van der Waals surface area (Å²) in [5.74, 6) is 0. The van der Waals surface area contributed by atoms with Crippen molar-refractivity contribution in [1.82, 2.24) is 5.32 Å². The van der Waals surface area contributed by atoms with E-state index in [-0.39, 0.29) is 10.6 Å². The third kappa shape index (κ3) is 3.88. The van der Waals surface area contributed by atoms with Gasteiger partial charge in [0.1, 0.15) is 0 Å². The Hall–Kier alpha value is -1.24. The lowest BCUT2D eigenvalue weighted by atomic mass is 10.1. The molecular formula is C14H15BrN2O2S. The van der Waals surface area contributed by atoms with E-state index >= 15 is 0 Å². The number of thiophene rings is 1. The molecule has 106 valence electrons.